The van der Waals surface area contributed by atoms with Gasteiger partial charge in [0.1, 0.15) is 5.75 Å². The molecular formula is C23H20N2O5. The molecule has 0 aliphatic heterocycles. The van der Waals surface area contributed by atoms with Crippen LogP contribution in [0, 0.1) is 0 Å². The molecule has 0 bridgehead atoms. The minimum Gasteiger partial charge on any atom is -0.482 e. The van der Waals surface area contributed by atoms with Crippen molar-refractivity contribution in [3.8, 4) is 5.75 Å². The predicted octanol–water partition coefficient (Wildman–Crippen LogP) is 2.54. The average molecular weight is 404 g/mol. The van der Waals surface area contributed by atoms with Crippen LogP contribution in [-0.2, 0) is 15.2 Å². The third kappa shape index (κ3) is 4.89. The second kappa shape index (κ2) is 9.49. The number of nitrogens with zero attached hydrogens (tertiary/aromatic N) is 1. The topological polar surface area (TPSA) is 108 Å². The maximum Gasteiger partial charge on any atom is 0.341 e. The molecule has 0 saturated carbocycles. The highest BCUT2D eigenvalue weighted by molar-refractivity contribution is 5.91. The zero-order valence-corrected chi connectivity index (χ0v) is 15.9. The molecule has 1 amide bonds. The fraction of sp³-hybridized carbons (Fsp3) is 0.0870. The number of carbonyl (C=O) groups excluding carboxylic acids is 1. The molecule has 152 valence electrons. The van der Waals surface area contributed by atoms with Gasteiger partial charge in [-0.15, -0.1) is 0 Å². The number of carboxylic acid groups (broad SMARTS) is 1. The van der Waals surface area contributed by atoms with Gasteiger partial charge in [0, 0.05) is 0 Å². The summed E-state index contributed by atoms with van der Waals surface area (Å²) in [6.07, 6.45) is 1.41. The summed E-state index contributed by atoms with van der Waals surface area (Å²) in [4.78, 5) is 23.4. The molecular weight excluding hydrogens is 384 g/mol. The summed E-state index contributed by atoms with van der Waals surface area (Å²) < 4.78 is 5.06. The van der Waals surface area contributed by atoms with E-state index in [4.69, 9.17) is 9.84 Å². The van der Waals surface area contributed by atoms with Gasteiger partial charge in [-0.25, -0.2) is 10.2 Å². The van der Waals surface area contributed by atoms with Crippen molar-refractivity contribution < 1.29 is 24.5 Å². The van der Waals surface area contributed by atoms with Crippen LogP contribution >= 0.6 is 0 Å². The fourth-order valence-electron chi connectivity index (χ4n) is 2.83. The number of hydrogen-bond acceptors (Lipinski definition) is 5. The first-order chi connectivity index (χ1) is 14.5. The quantitative estimate of drug-likeness (QED) is 0.395. The van der Waals surface area contributed by atoms with E-state index in [1.165, 1.54) is 6.21 Å². The van der Waals surface area contributed by atoms with Crippen molar-refractivity contribution in [1.82, 2.24) is 5.43 Å². The van der Waals surface area contributed by atoms with Crippen LogP contribution in [-0.4, -0.2) is 34.9 Å². The summed E-state index contributed by atoms with van der Waals surface area (Å²) in [5.41, 5.74) is 1.98. The van der Waals surface area contributed by atoms with Gasteiger partial charge in [-0.3, -0.25) is 4.79 Å². The Hall–Kier alpha value is -3.97. The Kier molecular flexibility index (Phi) is 6.56. The SMILES string of the molecule is O=C(O)COc1ccc(C=NNC(=O)C(O)(c2ccccc2)c2ccccc2)cc1. The smallest absolute Gasteiger partial charge is 0.341 e. The van der Waals surface area contributed by atoms with E-state index in [2.05, 4.69) is 10.5 Å². The highest BCUT2D eigenvalue weighted by Gasteiger charge is 2.39. The molecule has 0 atom stereocenters. The van der Waals surface area contributed by atoms with E-state index in [-0.39, 0.29) is 0 Å². The van der Waals surface area contributed by atoms with Crippen molar-refractivity contribution in [3.63, 3.8) is 0 Å². The van der Waals surface area contributed by atoms with Crippen molar-refractivity contribution >= 4 is 18.1 Å². The van der Waals surface area contributed by atoms with Gasteiger partial charge < -0.3 is 14.9 Å². The first-order valence-electron chi connectivity index (χ1n) is 9.12. The highest BCUT2D eigenvalue weighted by Crippen LogP contribution is 2.29. The second-order valence-electron chi connectivity index (χ2n) is 6.39. The average Bonchev–Trinajstić information content (AvgIpc) is 2.79. The van der Waals surface area contributed by atoms with Crippen LogP contribution in [0.1, 0.15) is 16.7 Å². The normalized spacial score (nSPS) is 11.2. The van der Waals surface area contributed by atoms with Gasteiger partial charge in [-0.1, -0.05) is 60.7 Å². The number of ether oxygens (including phenoxy) is 1. The van der Waals surface area contributed by atoms with Gasteiger partial charge in [-0.2, -0.15) is 5.10 Å². The lowest BCUT2D eigenvalue weighted by molar-refractivity contribution is -0.139. The van der Waals surface area contributed by atoms with Crippen LogP contribution in [0.15, 0.2) is 90.0 Å². The Morgan fingerprint density at radius 1 is 0.900 bits per heavy atom. The van der Waals surface area contributed by atoms with E-state index in [9.17, 15) is 14.7 Å². The number of hydrogen-bond donors (Lipinski definition) is 3. The standard InChI is InChI=1S/C23H20N2O5/c26-21(27)16-30-20-13-11-17(12-14-20)15-24-25-22(28)23(29,18-7-3-1-4-8-18)19-9-5-2-6-10-19/h1-15,29H,16H2,(H,25,28)(H,26,27). The van der Waals surface area contributed by atoms with E-state index in [1.807, 2.05) is 0 Å². The Morgan fingerprint density at radius 3 is 1.93 bits per heavy atom. The van der Waals surface area contributed by atoms with Crippen LogP contribution in [0.3, 0.4) is 0 Å². The largest absolute Gasteiger partial charge is 0.482 e. The van der Waals surface area contributed by atoms with Gasteiger partial charge in [-0.05, 0) is 41.0 Å². The summed E-state index contributed by atoms with van der Waals surface area (Å²) in [5, 5.41) is 23.9. The summed E-state index contributed by atoms with van der Waals surface area (Å²) in [5.74, 6) is -1.36. The molecule has 0 saturated heterocycles. The number of benzene rings is 3. The van der Waals surface area contributed by atoms with Crippen molar-refractivity contribution in [3.05, 3.63) is 102 Å². The van der Waals surface area contributed by atoms with E-state index in [0.29, 0.717) is 22.4 Å². The van der Waals surface area contributed by atoms with Crippen LogP contribution < -0.4 is 10.2 Å². The van der Waals surface area contributed by atoms with Crippen LogP contribution in [0.4, 0.5) is 0 Å². The van der Waals surface area contributed by atoms with Crippen LogP contribution in [0.2, 0.25) is 0 Å². The number of carbonyl (C=O) groups is 2. The summed E-state index contributed by atoms with van der Waals surface area (Å²) in [7, 11) is 0. The van der Waals surface area contributed by atoms with Crippen LogP contribution in [0.25, 0.3) is 0 Å². The lowest BCUT2D eigenvalue weighted by Gasteiger charge is -2.27. The van der Waals surface area contributed by atoms with Gasteiger partial charge in [0.15, 0.2) is 12.2 Å². The maximum atomic E-state index is 12.9. The van der Waals surface area contributed by atoms with E-state index < -0.39 is 24.1 Å². The predicted molar refractivity (Wildman–Crippen MR) is 111 cm³/mol. The molecule has 0 spiro atoms. The second-order valence-corrected chi connectivity index (χ2v) is 6.39. The van der Waals surface area contributed by atoms with E-state index in [1.54, 1.807) is 84.9 Å². The summed E-state index contributed by atoms with van der Waals surface area (Å²) >= 11 is 0. The first kappa shape index (κ1) is 20.8. The van der Waals surface area contributed by atoms with Crippen molar-refractivity contribution in [2.24, 2.45) is 5.10 Å². The molecule has 3 N–H and O–H groups in total. The lowest BCUT2D eigenvalue weighted by Crippen LogP contribution is -2.43. The first-order valence-corrected chi connectivity index (χ1v) is 9.12. The molecule has 0 aliphatic carbocycles. The Morgan fingerprint density at radius 2 is 1.43 bits per heavy atom. The maximum absolute atomic E-state index is 12.9. The van der Waals surface area contributed by atoms with E-state index in [0.717, 1.165) is 0 Å². The Labute approximate surface area is 173 Å². The third-order valence-corrected chi connectivity index (χ3v) is 4.33. The van der Waals surface area contributed by atoms with Crippen molar-refractivity contribution in [2.45, 2.75) is 5.60 Å². The Balaban J connectivity index is 1.74. The molecule has 0 radical (unpaired) electrons. The molecule has 3 aromatic rings. The molecule has 30 heavy (non-hydrogen) atoms. The van der Waals surface area contributed by atoms with Crippen LogP contribution in [0.5, 0.6) is 5.75 Å². The molecule has 0 heterocycles. The number of nitrogens with one attached hydrogen (secondary N) is 1. The number of aliphatic hydroxyl groups is 1. The Bertz CT molecular complexity index is 979. The number of amides is 1. The monoisotopic (exact) mass is 404 g/mol. The van der Waals surface area contributed by atoms with Crippen molar-refractivity contribution in [2.75, 3.05) is 6.61 Å². The molecule has 3 aromatic carbocycles. The minimum atomic E-state index is -1.91. The van der Waals surface area contributed by atoms with Gasteiger partial charge in [0.05, 0.1) is 6.21 Å². The third-order valence-electron chi connectivity index (χ3n) is 4.33. The molecule has 7 heteroatoms. The molecule has 0 aromatic heterocycles. The minimum absolute atomic E-state index is 0.404. The molecule has 3 rings (SSSR count). The highest BCUT2D eigenvalue weighted by atomic mass is 16.5. The number of rotatable bonds is 8. The number of carboxylic acids is 1. The zero-order valence-electron chi connectivity index (χ0n) is 15.9. The molecule has 0 aliphatic rings. The van der Waals surface area contributed by atoms with Gasteiger partial charge in [0.25, 0.3) is 5.91 Å². The summed E-state index contributed by atoms with van der Waals surface area (Å²) in [6.45, 7) is -0.430. The lowest BCUT2D eigenvalue weighted by atomic mass is 9.85. The molecule has 7 nitrogen and oxygen atoms in total. The van der Waals surface area contributed by atoms with Gasteiger partial charge in [0.2, 0.25) is 0 Å². The number of aliphatic carboxylic acids is 1. The summed E-state index contributed by atoms with van der Waals surface area (Å²) in [6, 6.07) is 23.8. The zero-order chi connectivity index (χ0) is 21.4. The number of hydrazone groups is 1. The molecule has 0 unspecified atom stereocenters. The van der Waals surface area contributed by atoms with Gasteiger partial charge >= 0.3 is 5.97 Å². The van der Waals surface area contributed by atoms with E-state index >= 15 is 0 Å². The molecule has 0 fully saturated rings. The fourth-order valence-corrected chi connectivity index (χ4v) is 2.83. The van der Waals surface area contributed by atoms with Crippen molar-refractivity contribution in [1.29, 1.82) is 0 Å².